The summed E-state index contributed by atoms with van der Waals surface area (Å²) >= 11 is 3.30. The smallest absolute Gasteiger partial charge is 0.164 e. The second-order valence-corrected chi connectivity index (χ2v) is 3.39. The molecule has 1 aromatic carbocycles. The maximum Gasteiger partial charge on any atom is 0.164 e. The highest BCUT2D eigenvalue weighted by molar-refractivity contribution is 9.10. The van der Waals surface area contributed by atoms with Gasteiger partial charge in [-0.2, -0.15) is 0 Å². The summed E-state index contributed by atoms with van der Waals surface area (Å²) in [5, 5.41) is 0. The van der Waals surface area contributed by atoms with E-state index in [1.807, 2.05) is 12.1 Å². The fourth-order valence-corrected chi connectivity index (χ4v) is 1.34. The lowest BCUT2D eigenvalue weighted by Crippen LogP contribution is -2.07. The van der Waals surface area contributed by atoms with Gasteiger partial charge in [0.1, 0.15) is 0 Å². The van der Waals surface area contributed by atoms with Crippen molar-refractivity contribution in [1.82, 2.24) is 0 Å². The van der Waals surface area contributed by atoms with Crippen molar-refractivity contribution in [2.45, 2.75) is 6.42 Å². The molecule has 0 spiro atoms. The zero-order valence-corrected chi connectivity index (χ0v) is 9.40. The first-order chi connectivity index (χ1) is 5.74. The molecule has 0 aliphatic rings. The van der Waals surface area contributed by atoms with Crippen molar-refractivity contribution >= 4 is 34.1 Å². The van der Waals surface area contributed by atoms with Crippen molar-refractivity contribution in [1.29, 1.82) is 0 Å². The van der Waals surface area contributed by atoms with Crippen LogP contribution in [0.1, 0.15) is 16.8 Å². The molecule has 0 atom stereocenters. The van der Waals surface area contributed by atoms with Crippen LogP contribution in [0.25, 0.3) is 0 Å². The van der Waals surface area contributed by atoms with Crippen LogP contribution >= 0.6 is 28.3 Å². The number of carbonyl (C=O) groups excluding carboxylic acids is 1. The van der Waals surface area contributed by atoms with E-state index in [2.05, 4.69) is 15.9 Å². The van der Waals surface area contributed by atoms with Gasteiger partial charge in [0.25, 0.3) is 0 Å². The number of benzene rings is 1. The number of ketones is 1. The van der Waals surface area contributed by atoms with E-state index in [1.54, 1.807) is 12.1 Å². The van der Waals surface area contributed by atoms with Crippen LogP contribution in [0.15, 0.2) is 28.7 Å². The van der Waals surface area contributed by atoms with E-state index in [0.29, 0.717) is 13.0 Å². The van der Waals surface area contributed by atoms with Crippen LogP contribution in [-0.4, -0.2) is 12.3 Å². The Bertz CT molecular complexity index is 291. The number of hydrogen-bond acceptors (Lipinski definition) is 2. The number of carbonyl (C=O) groups is 1. The third-order valence-corrected chi connectivity index (χ3v) is 2.01. The first-order valence-electron chi connectivity index (χ1n) is 3.73. The number of hydrogen-bond donors (Lipinski definition) is 1. The molecule has 4 heteroatoms. The summed E-state index contributed by atoms with van der Waals surface area (Å²) in [5.74, 6) is 0.0961. The number of rotatable bonds is 3. The van der Waals surface area contributed by atoms with E-state index in [1.165, 1.54) is 0 Å². The Morgan fingerprint density at radius 3 is 2.69 bits per heavy atom. The van der Waals surface area contributed by atoms with Crippen LogP contribution in [0.3, 0.4) is 0 Å². The van der Waals surface area contributed by atoms with Gasteiger partial charge in [-0.15, -0.1) is 12.4 Å². The molecule has 0 saturated carbocycles. The predicted octanol–water partition coefficient (Wildman–Crippen LogP) is 2.40. The van der Waals surface area contributed by atoms with Crippen molar-refractivity contribution in [3.05, 3.63) is 34.3 Å². The predicted molar refractivity (Wildman–Crippen MR) is 59.4 cm³/mol. The quantitative estimate of drug-likeness (QED) is 0.852. The molecule has 13 heavy (non-hydrogen) atoms. The standard InChI is InChI=1S/C9H10BrNO.ClH/c10-8-3-1-2-7(6-8)9(12)4-5-11;/h1-3,6H,4-5,11H2;1H. The fraction of sp³-hybridized carbons (Fsp3) is 0.222. The summed E-state index contributed by atoms with van der Waals surface area (Å²) in [6, 6.07) is 7.33. The second-order valence-electron chi connectivity index (χ2n) is 2.47. The second kappa shape index (κ2) is 6.13. The lowest BCUT2D eigenvalue weighted by molar-refractivity contribution is 0.0985. The van der Waals surface area contributed by atoms with Gasteiger partial charge < -0.3 is 5.73 Å². The molecule has 2 N–H and O–H groups in total. The van der Waals surface area contributed by atoms with E-state index < -0.39 is 0 Å². The molecule has 0 aromatic heterocycles. The lowest BCUT2D eigenvalue weighted by atomic mass is 10.1. The van der Waals surface area contributed by atoms with Crippen LogP contribution in [0.4, 0.5) is 0 Å². The molecule has 1 rings (SSSR count). The van der Waals surface area contributed by atoms with Crippen LogP contribution in [0.5, 0.6) is 0 Å². The van der Waals surface area contributed by atoms with Gasteiger partial charge in [-0.05, 0) is 18.7 Å². The van der Waals surface area contributed by atoms with E-state index in [9.17, 15) is 4.79 Å². The molecule has 0 amide bonds. The van der Waals surface area contributed by atoms with Gasteiger partial charge in [0, 0.05) is 16.5 Å². The first kappa shape index (κ1) is 12.6. The number of halogens is 2. The van der Waals surface area contributed by atoms with Gasteiger partial charge in [0.2, 0.25) is 0 Å². The van der Waals surface area contributed by atoms with Crippen molar-refractivity contribution in [3.8, 4) is 0 Å². The maximum atomic E-state index is 11.3. The summed E-state index contributed by atoms with van der Waals surface area (Å²) in [6.45, 7) is 0.408. The van der Waals surface area contributed by atoms with E-state index in [0.717, 1.165) is 10.0 Å². The third-order valence-electron chi connectivity index (χ3n) is 1.52. The van der Waals surface area contributed by atoms with Gasteiger partial charge in [-0.1, -0.05) is 28.1 Å². The van der Waals surface area contributed by atoms with Crippen molar-refractivity contribution in [2.75, 3.05) is 6.54 Å². The lowest BCUT2D eigenvalue weighted by Gasteiger charge is -1.98. The van der Waals surface area contributed by atoms with Gasteiger partial charge in [0.15, 0.2) is 5.78 Å². The first-order valence-corrected chi connectivity index (χ1v) is 4.52. The molecule has 0 unspecified atom stereocenters. The average molecular weight is 265 g/mol. The molecule has 0 aliphatic carbocycles. The highest BCUT2D eigenvalue weighted by Gasteiger charge is 2.03. The van der Waals surface area contributed by atoms with Crippen LogP contribution < -0.4 is 5.73 Å². The van der Waals surface area contributed by atoms with Gasteiger partial charge >= 0.3 is 0 Å². The molecule has 1 aromatic rings. The highest BCUT2D eigenvalue weighted by atomic mass is 79.9. The number of nitrogens with two attached hydrogens (primary N) is 1. The number of Topliss-reactive ketones (excluding diaryl/α,β-unsaturated/α-hetero) is 1. The Hall–Kier alpha value is -0.380. The summed E-state index contributed by atoms with van der Waals surface area (Å²) in [4.78, 5) is 11.3. The summed E-state index contributed by atoms with van der Waals surface area (Å²) in [6.07, 6.45) is 0.413. The molecule has 0 bridgehead atoms. The monoisotopic (exact) mass is 263 g/mol. The Kier molecular flexibility index (Phi) is 5.95. The van der Waals surface area contributed by atoms with Gasteiger partial charge in [-0.25, -0.2) is 0 Å². The summed E-state index contributed by atoms with van der Waals surface area (Å²) in [5.41, 5.74) is 5.99. The van der Waals surface area contributed by atoms with E-state index in [4.69, 9.17) is 5.73 Å². The fourth-order valence-electron chi connectivity index (χ4n) is 0.937. The SMILES string of the molecule is Cl.NCCC(=O)c1cccc(Br)c1. The highest BCUT2D eigenvalue weighted by Crippen LogP contribution is 2.12. The van der Waals surface area contributed by atoms with Crippen LogP contribution in [0, 0.1) is 0 Å². The molecule has 0 radical (unpaired) electrons. The zero-order chi connectivity index (χ0) is 8.97. The van der Waals surface area contributed by atoms with Gasteiger partial charge in [0.05, 0.1) is 0 Å². The maximum absolute atomic E-state index is 11.3. The Morgan fingerprint density at radius 1 is 1.46 bits per heavy atom. The molecule has 2 nitrogen and oxygen atoms in total. The minimum absolute atomic E-state index is 0. The van der Waals surface area contributed by atoms with Crippen molar-refractivity contribution in [2.24, 2.45) is 5.73 Å². The molecule has 0 fully saturated rings. The minimum Gasteiger partial charge on any atom is -0.330 e. The molecular weight excluding hydrogens is 253 g/mol. The van der Waals surface area contributed by atoms with Crippen molar-refractivity contribution in [3.63, 3.8) is 0 Å². The largest absolute Gasteiger partial charge is 0.330 e. The molecule has 0 saturated heterocycles. The Morgan fingerprint density at radius 2 is 2.15 bits per heavy atom. The third kappa shape index (κ3) is 3.89. The van der Waals surface area contributed by atoms with Crippen LogP contribution in [-0.2, 0) is 0 Å². The topological polar surface area (TPSA) is 43.1 Å². The van der Waals surface area contributed by atoms with E-state index >= 15 is 0 Å². The molecular formula is C9H11BrClNO. The van der Waals surface area contributed by atoms with Crippen molar-refractivity contribution < 1.29 is 4.79 Å². The normalized spacial score (nSPS) is 9.08. The average Bonchev–Trinajstić information content (AvgIpc) is 2.05. The zero-order valence-electron chi connectivity index (χ0n) is 7.00. The molecule has 0 aliphatic heterocycles. The Labute approximate surface area is 92.0 Å². The van der Waals surface area contributed by atoms with Crippen LogP contribution in [0.2, 0.25) is 0 Å². The minimum atomic E-state index is 0. The van der Waals surface area contributed by atoms with E-state index in [-0.39, 0.29) is 18.2 Å². The molecule has 0 heterocycles. The Balaban J connectivity index is 0.00000144. The molecule has 72 valence electrons. The summed E-state index contributed by atoms with van der Waals surface area (Å²) < 4.78 is 0.922. The van der Waals surface area contributed by atoms with Gasteiger partial charge in [-0.3, -0.25) is 4.79 Å². The summed E-state index contributed by atoms with van der Waals surface area (Å²) in [7, 11) is 0.